The van der Waals surface area contributed by atoms with Crippen molar-refractivity contribution in [3.05, 3.63) is 35.9 Å². The number of aliphatic carboxylic acids is 1. The molecule has 0 saturated carbocycles. The summed E-state index contributed by atoms with van der Waals surface area (Å²) in [6, 6.07) is 8.94. The highest BCUT2D eigenvalue weighted by molar-refractivity contribution is 7.92. The van der Waals surface area contributed by atoms with Gasteiger partial charge in [0.15, 0.2) is 9.84 Å². The summed E-state index contributed by atoms with van der Waals surface area (Å²) in [5.74, 6) is -1.48. The van der Waals surface area contributed by atoms with Crippen LogP contribution in [0.15, 0.2) is 30.3 Å². The zero-order valence-electron chi connectivity index (χ0n) is 13.2. The summed E-state index contributed by atoms with van der Waals surface area (Å²) in [6.45, 7) is 1.89. The van der Waals surface area contributed by atoms with Crippen LogP contribution in [0.2, 0.25) is 0 Å². The minimum Gasteiger partial charge on any atom is -0.481 e. The summed E-state index contributed by atoms with van der Waals surface area (Å²) in [6.07, 6.45) is 1.47. The first-order chi connectivity index (χ1) is 10.6. The SMILES string of the molecule is C[C@@]1(C(=O)O)CCN(C(=O)[C@@H](Cc2ccccc2)S(C)(=O)=O)C1. The lowest BCUT2D eigenvalue weighted by Gasteiger charge is -2.24. The van der Waals surface area contributed by atoms with Crippen molar-refractivity contribution in [2.24, 2.45) is 5.41 Å². The smallest absolute Gasteiger partial charge is 0.311 e. The third-order valence-corrected chi connectivity index (χ3v) is 5.76. The summed E-state index contributed by atoms with van der Waals surface area (Å²) in [5.41, 5.74) is -0.249. The van der Waals surface area contributed by atoms with E-state index >= 15 is 0 Å². The monoisotopic (exact) mass is 339 g/mol. The van der Waals surface area contributed by atoms with Crippen molar-refractivity contribution in [1.82, 2.24) is 4.90 Å². The number of carboxylic acids is 1. The van der Waals surface area contributed by atoms with Crippen LogP contribution in [-0.2, 0) is 25.8 Å². The average molecular weight is 339 g/mol. The lowest BCUT2D eigenvalue weighted by Crippen LogP contribution is -2.44. The number of sulfone groups is 1. The van der Waals surface area contributed by atoms with Crippen molar-refractivity contribution in [1.29, 1.82) is 0 Å². The topological polar surface area (TPSA) is 91.8 Å². The van der Waals surface area contributed by atoms with Crippen LogP contribution >= 0.6 is 0 Å². The van der Waals surface area contributed by atoms with Gasteiger partial charge in [-0.05, 0) is 25.3 Å². The number of carbonyl (C=O) groups excluding carboxylic acids is 1. The van der Waals surface area contributed by atoms with E-state index in [1.54, 1.807) is 31.2 Å². The van der Waals surface area contributed by atoms with Crippen LogP contribution in [0.1, 0.15) is 18.9 Å². The van der Waals surface area contributed by atoms with Crippen LogP contribution in [0.4, 0.5) is 0 Å². The molecule has 2 rings (SSSR count). The van der Waals surface area contributed by atoms with E-state index in [1.165, 1.54) is 4.90 Å². The van der Waals surface area contributed by atoms with Gasteiger partial charge >= 0.3 is 5.97 Å². The van der Waals surface area contributed by atoms with Gasteiger partial charge in [-0.1, -0.05) is 30.3 Å². The minimum absolute atomic E-state index is 0.0436. The van der Waals surface area contributed by atoms with Crippen molar-refractivity contribution in [2.75, 3.05) is 19.3 Å². The van der Waals surface area contributed by atoms with Gasteiger partial charge in [0.05, 0.1) is 5.41 Å². The zero-order chi connectivity index (χ0) is 17.3. The van der Waals surface area contributed by atoms with Gasteiger partial charge < -0.3 is 10.0 Å². The van der Waals surface area contributed by atoms with Gasteiger partial charge in [0.1, 0.15) is 5.25 Å². The number of amides is 1. The van der Waals surface area contributed by atoms with Crippen LogP contribution in [0.5, 0.6) is 0 Å². The number of benzene rings is 1. The maximum atomic E-state index is 12.7. The third kappa shape index (κ3) is 3.90. The first-order valence-corrected chi connectivity index (χ1v) is 9.34. The van der Waals surface area contributed by atoms with Crippen molar-refractivity contribution >= 4 is 21.7 Å². The molecule has 0 spiro atoms. The molecule has 126 valence electrons. The molecule has 0 aromatic heterocycles. The highest BCUT2D eigenvalue weighted by Gasteiger charge is 2.44. The average Bonchev–Trinajstić information content (AvgIpc) is 2.88. The fourth-order valence-electron chi connectivity index (χ4n) is 2.78. The van der Waals surface area contributed by atoms with Crippen LogP contribution in [0, 0.1) is 5.41 Å². The molecular weight excluding hydrogens is 318 g/mol. The molecule has 1 aliphatic rings. The Morgan fingerprint density at radius 3 is 2.39 bits per heavy atom. The summed E-state index contributed by atoms with van der Waals surface area (Å²) >= 11 is 0. The first kappa shape index (κ1) is 17.5. The Labute approximate surface area is 136 Å². The molecule has 2 atom stereocenters. The van der Waals surface area contributed by atoms with Gasteiger partial charge in [-0.25, -0.2) is 8.42 Å². The van der Waals surface area contributed by atoms with Crippen molar-refractivity contribution in [2.45, 2.75) is 25.0 Å². The summed E-state index contributed by atoms with van der Waals surface area (Å²) < 4.78 is 24.1. The highest BCUT2D eigenvalue weighted by atomic mass is 32.2. The lowest BCUT2D eigenvalue weighted by molar-refractivity contribution is -0.147. The molecule has 1 aromatic carbocycles. The third-order valence-electron chi connectivity index (χ3n) is 4.36. The number of rotatable bonds is 5. The molecule has 1 aliphatic heterocycles. The summed E-state index contributed by atoms with van der Waals surface area (Å²) in [4.78, 5) is 25.3. The second kappa shape index (κ2) is 6.31. The number of carbonyl (C=O) groups is 2. The van der Waals surface area contributed by atoms with Gasteiger partial charge in [0.25, 0.3) is 0 Å². The molecule has 0 radical (unpaired) electrons. The Morgan fingerprint density at radius 2 is 1.91 bits per heavy atom. The molecule has 1 heterocycles. The summed E-state index contributed by atoms with van der Waals surface area (Å²) in [7, 11) is -3.60. The molecule has 1 amide bonds. The Bertz CT molecular complexity index is 700. The number of nitrogens with zero attached hydrogens (tertiary/aromatic N) is 1. The number of hydrogen-bond acceptors (Lipinski definition) is 4. The van der Waals surface area contributed by atoms with Gasteiger partial charge in [-0.2, -0.15) is 0 Å². The number of likely N-dealkylation sites (tertiary alicyclic amines) is 1. The molecule has 1 fully saturated rings. The van der Waals surface area contributed by atoms with E-state index in [9.17, 15) is 23.1 Å². The fraction of sp³-hybridized carbons (Fsp3) is 0.500. The lowest BCUT2D eigenvalue weighted by atomic mass is 9.90. The standard InChI is InChI=1S/C16H21NO5S/c1-16(15(19)20)8-9-17(11-16)14(18)13(23(2,21)22)10-12-6-4-3-5-7-12/h3-7,13H,8-11H2,1-2H3,(H,19,20)/t13-,16-/m1/s1. The first-order valence-electron chi connectivity index (χ1n) is 7.38. The number of hydrogen-bond donors (Lipinski definition) is 1. The van der Waals surface area contributed by atoms with E-state index in [1.807, 2.05) is 6.07 Å². The zero-order valence-corrected chi connectivity index (χ0v) is 14.0. The normalized spacial score (nSPS) is 22.8. The molecule has 0 bridgehead atoms. The molecule has 1 N–H and O–H groups in total. The molecule has 1 saturated heterocycles. The molecule has 7 heteroatoms. The van der Waals surface area contributed by atoms with E-state index in [0.717, 1.165) is 11.8 Å². The Kier molecular flexibility index (Phi) is 4.79. The highest BCUT2D eigenvalue weighted by Crippen LogP contribution is 2.31. The van der Waals surface area contributed by atoms with Gasteiger partial charge in [0, 0.05) is 19.3 Å². The Morgan fingerprint density at radius 1 is 1.30 bits per heavy atom. The molecular formula is C16H21NO5S. The van der Waals surface area contributed by atoms with Gasteiger partial charge in [0.2, 0.25) is 5.91 Å². The molecule has 23 heavy (non-hydrogen) atoms. The Hall–Kier alpha value is -1.89. The molecule has 0 unspecified atom stereocenters. The van der Waals surface area contributed by atoms with E-state index in [-0.39, 0.29) is 19.5 Å². The fourth-order valence-corrected chi connectivity index (χ4v) is 3.79. The van der Waals surface area contributed by atoms with E-state index in [2.05, 4.69) is 0 Å². The van der Waals surface area contributed by atoms with E-state index in [0.29, 0.717) is 6.42 Å². The van der Waals surface area contributed by atoms with Crippen LogP contribution in [0.3, 0.4) is 0 Å². The quantitative estimate of drug-likeness (QED) is 0.863. The second-order valence-electron chi connectivity index (χ2n) is 6.38. The maximum Gasteiger partial charge on any atom is 0.311 e. The van der Waals surface area contributed by atoms with Gasteiger partial charge in [-0.15, -0.1) is 0 Å². The predicted octanol–water partition coefficient (Wildman–Crippen LogP) is 0.965. The van der Waals surface area contributed by atoms with Crippen LogP contribution < -0.4 is 0 Å². The Balaban J connectivity index is 2.21. The molecule has 0 aliphatic carbocycles. The van der Waals surface area contributed by atoms with Crippen molar-refractivity contribution in [3.63, 3.8) is 0 Å². The molecule has 1 aromatic rings. The molecule has 6 nitrogen and oxygen atoms in total. The van der Waals surface area contributed by atoms with Crippen molar-refractivity contribution < 1.29 is 23.1 Å². The van der Waals surface area contributed by atoms with Crippen molar-refractivity contribution in [3.8, 4) is 0 Å². The number of carboxylic acid groups (broad SMARTS) is 1. The van der Waals surface area contributed by atoms with Crippen LogP contribution in [-0.4, -0.2) is 54.9 Å². The minimum atomic E-state index is -3.60. The van der Waals surface area contributed by atoms with Crippen LogP contribution in [0.25, 0.3) is 0 Å². The summed E-state index contributed by atoms with van der Waals surface area (Å²) in [5, 5.41) is 8.07. The maximum absolute atomic E-state index is 12.7. The van der Waals surface area contributed by atoms with E-state index < -0.39 is 32.4 Å². The largest absolute Gasteiger partial charge is 0.481 e. The predicted molar refractivity (Wildman–Crippen MR) is 85.7 cm³/mol. The van der Waals surface area contributed by atoms with Gasteiger partial charge in [-0.3, -0.25) is 9.59 Å². The second-order valence-corrected chi connectivity index (χ2v) is 8.61. The van der Waals surface area contributed by atoms with E-state index in [4.69, 9.17) is 0 Å².